The van der Waals surface area contributed by atoms with Crippen LogP contribution in [0.5, 0.6) is 5.75 Å². The smallest absolute Gasteiger partial charge is 0.246 e. The Morgan fingerprint density at radius 2 is 1.66 bits per heavy atom. The lowest BCUT2D eigenvalue weighted by molar-refractivity contribution is -0.127. The summed E-state index contributed by atoms with van der Waals surface area (Å²) in [6.45, 7) is 5.18. The maximum Gasteiger partial charge on any atom is 0.246 e. The number of sulfonamides is 1. The molecule has 0 spiro atoms. The molecule has 0 aliphatic carbocycles. The predicted octanol–water partition coefficient (Wildman–Crippen LogP) is 3.10. The lowest BCUT2D eigenvalue weighted by Crippen LogP contribution is -2.50. The number of aromatic nitrogens is 2. The minimum absolute atomic E-state index is 0.138. The Labute approximate surface area is 206 Å². The Morgan fingerprint density at radius 3 is 2.29 bits per heavy atom. The van der Waals surface area contributed by atoms with Crippen molar-refractivity contribution < 1.29 is 17.9 Å². The van der Waals surface area contributed by atoms with Gasteiger partial charge in [-0.3, -0.25) is 9.48 Å². The first kappa shape index (κ1) is 24.7. The summed E-state index contributed by atoms with van der Waals surface area (Å²) in [6, 6.07) is 17.2. The molecule has 1 amide bonds. The third kappa shape index (κ3) is 5.47. The van der Waals surface area contributed by atoms with Crippen LogP contribution in [0.25, 0.3) is 6.08 Å². The van der Waals surface area contributed by atoms with Gasteiger partial charge in [-0.15, -0.1) is 0 Å². The fourth-order valence-corrected chi connectivity index (χ4v) is 6.03. The summed E-state index contributed by atoms with van der Waals surface area (Å²) in [4.78, 5) is 14.6. The number of rotatable bonds is 7. The highest BCUT2D eigenvalue weighted by Crippen LogP contribution is 2.25. The molecule has 9 heteroatoms. The van der Waals surface area contributed by atoms with Crippen molar-refractivity contribution in [3.8, 4) is 5.75 Å². The van der Waals surface area contributed by atoms with Crippen LogP contribution in [-0.2, 0) is 21.4 Å². The molecular formula is C26H30N4O4S. The summed E-state index contributed by atoms with van der Waals surface area (Å²) in [5.41, 5.74) is 3.04. The Hall–Kier alpha value is -3.43. The van der Waals surface area contributed by atoms with Crippen molar-refractivity contribution in [2.75, 3.05) is 33.3 Å². The van der Waals surface area contributed by atoms with Gasteiger partial charge in [-0.25, -0.2) is 8.42 Å². The Kier molecular flexibility index (Phi) is 7.37. The number of piperazine rings is 1. The van der Waals surface area contributed by atoms with Crippen molar-refractivity contribution in [2.45, 2.75) is 25.3 Å². The molecule has 1 aliphatic rings. The molecule has 184 valence electrons. The molecule has 0 radical (unpaired) electrons. The number of methoxy groups -OCH3 is 1. The maximum absolute atomic E-state index is 13.5. The van der Waals surface area contributed by atoms with Crippen LogP contribution in [0, 0.1) is 13.8 Å². The van der Waals surface area contributed by atoms with E-state index >= 15 is 0 Å². The van der Waals surface area contributed by atoms with Gasteiger partial charge in [-0.1, -0.05) is 42.5 Å². The van der Waals surface area contributed by atoms with Crippen LogP contribution in [0.2, 0.25) is 0 Å². The van der Waals surface area contributed by atoms with Crippen LogP contribution in [0.4, 0.5) is 0 Å². The SMILES string of the molecule is COc1ccc(/C=C/C(=O)N2CCN(S(=O)(=O)c3c(C)nn(Cc4ccccc4)c3C)CC2)cc1. The van der Waals surface area contributed by atoms with Gasteiger partial charge >= 0.3 is 0 Å². The van der Waals surface area contributed by atoms with Crippen molar-refractivity contribution in [2.24, 2.45) is 0 Å². The summed E-state index contributed by atoms with van der Waals surface area (Å²) < 4.78 is 35.3. The van der Waals surface area contributed by atoms with Crippen molar-refractivity contribution in [1.82, 2.24) is 19.0 Å². The standard InChI is InChI=1S/C26H30N4O4S/c1-20-26(21(2)30(27-20)19-23-7-5-4-6-8-23)35(32,33)29-17-15-28(16-18-29)25(31)14-11-22-9-12-24(34-3)13-10-22/h4-14H,15-19H2,1-3H3/b14-11+. The van der Waals surface area contributed by atoms with Gasteiger partial charge in [0.1, 0.15) is 10.6 Å². The van der Waals surface area contributed by atoms with Gasteiger partial charge in [-0.2, -0.15) is 9.40 Å². The van der Waals surface area contributed by atoms with E-state index in [1.165, 1.54) is 10.4 Å². The first-order valence-electron chi connectivity index (χ1n) is 11.5. The van der Waals surface area contributed by atoms with Gasteiger partial charge in [0.05, 0.1) is 25.0 Å². The van der Waals surface area contributed by atoms with Crippen LogP contribution in [0.3, 0.4) is 0 Å². The fourth-order valence-electron chi connectivity index (χ4n) is 4.23. The largest absolute Gasteiger partial charge is 0.497 e. The zero-order valence-corrected chi connectivity index (χ0v) is 21.0. The highest BCUT2D eigenvalue weighted by Gasteiger charge is 2.33. The fraction of sp³-hybridized carbons (Fsp3) is 0.308. The molecule has 0 saturated carbocycles. The lowest BCUT2D eigenvalue weighted by Gasteiger charge is -2.33. The Bertz CT molecular complexity index is 1310. The van der Waals surface area contributed by atoms with E-state index < -0.39 is 10.0 Å². The summed E-state index contributed by atoms with van der Waals surface area (Å²) in [5.74, 6) is 0.614. The number of hydrogen-bond donors (Lipinski definition) is 0. The van der Waals surface area contributed by atoms with Gasteiger partial charge in [0, 0.05) is 32.3 Å². The van der Waals surface area contributed by atoms with Crippen molar-refractivity contribution in [1.29, 1.82) is 0 Å². The molecule has 1 aliphatic heterocycles. The number of carbonyl (C=O) groups excluding carboxylic acids is 1. The third-order valence-electron chi connectivity index (χ3n) is 6.17. The zero-order valence-electron chi connectivity index (χ0n) is 20.2. The number of benzene rings is 2. The molecular weight excluding hydrogens is 464 g/mol. The second-order valence-electron chi connectivity index (χ2n) is 8.48. The average molecular weight is 495 g/mol. The van der Waals surface area contributed by atoms with Crippen molar-refractivity contribution >= 4 is 22.0 Å². The van der Waals surface area contributed by atoms with Gasteiger partial charge in [0.15, 0.2) is 0 Å². The quantitative estimate of drug-likeness (QED) is 0.471. The summed E-state index contributed by atoms with van der Waals surface area (Å²) in [6.07, 6.45) is 3.27. The molecule has 1 fully saturated rings. The normalized spacial score (nSPS) is 15.0. The number of aryl methyl sites for hydroxylation is 1. The lowest BCUT2D eigenvalue weighted by atomic mass is 10.2. The molecule has 1 aromatic heterocycles. The second kappa shape index (κ2) is 10.5. The van der Waals surface area contributed by atoms with Gasteiger partial charge in [-0.05, 0) is 43.2 Å². The molecule has 8 nitrogen and oxygen atoms in total. The molecule has 2 heterocycles. The van der Waals surface area contributed by atoms with Crippen LogP contribution in [-0.4, -0.2) is 66.6 Å². The molecule has 0 atom stereocenters. The van der Waals surface area contributed by atoms with Gasteiger partial charge in [0.25, 0.3) is 0 Å². The van der Waals surface area contributed by atoms with Crippen molar-refractivity contribution in [3.63, 3.8) is 0 Å². The Balaban J connectivity index is 1.41. The van der Waals surface area contributed by atoms with Crippen LogP contribution in [0.15, 0.2) is 65.6 Å². The molecule has 0 unspecified atom stereocenters. The number of amides is 1. The van der Waals surface area contributed by atoms with Crippen LogP contribution >= 0.6 is 0 Å². The molecule has 0 N–H and O–H groups in total. The monoisotopic (exact) mass is 494 g/mol. The van der Waals surface area contributed by atoms with E-state index in [1.54, 1.807) is 36.6 Å². The van der Waals surface area contributed by atoms with E-state index in [4.69, 9.17) is 4.74 Å². The topological polar surface area (TPSA) is 84.7 Å². The predicted molar refractivity (Wildman–Crippen MR) is 135 cm³/mol. The Morgan fingerprint density at radius 1 is 1.00 bits per heavy atom. The number of hydrogen-bond acceptors (Lipinski definition) is 5. The van der Waals surface area contributed by atoms with Crippen LogP contribution in [0.1, 0.15) is 22.5 Å². The van der Waals surface area contributed by atoms with E-state index in [0.29, 0.717) is 31.0 Å². The van der Waals surface area contributed by atoms with E-state index in [1.807, 2.05) is 54.6 Å². The van der Waals surface area contributed by atoms with Crippen molar-refractivity contribution in [3.05, 3.63) is 83.2 Å². The number of ether oxygens (including phenoxy) is 1. The number of nitrogens with zero attached hydrogens (tertiary/aromatic N) is 4. The summed E-state index contributed by atoms with van der Waals surface area (Å²) in [7, 11) is -2.12. The maximum atomic E-state index is 13.5. The minimum Gasteiger partial charge on any atom is -0.497 e. The summed E-state index contributed by atoms with van der Waals surface area (Å²) in [5, 5.41) is 4.50. The first-order valence-corrected chi connectivity index (χ1v) is 12.9. The molecule has 4 rings (SSSR count). The van der Waals surface area contributed by atoms with Gasteiger partial charge < -0.3 is 9.64 Å². The third-order valence-corrected chi connectivity index (χ3v) is 8.32. The second-order valence-corrected chi connectivity index (χ2v) is 10.4. The van der Waals surface area contributed by atoms with Gasteiger partial charge in [0.2, 0.25) is 15.9 Å². The first-order chi connectivity index (χ1) is 16.8. The highest BCUT2D eigenvalue weighted by molar-refractivity contribution is 7.89. The molecule has 3 aromatic rings. The van der Waals surface area contributed by atoms with Crippen LogP contribution < -0.4 is 4.74 Å². The van der Waals surface area contributed by atoms with E-state index in [-0.39, 0.29) is 23.9 Å². The average Bonchev–Trinajstić information content (AvgIpc) is 3.16. The van der Waals surface area contributed by atoms with E-state index in [9.17, 15) is 13.2 Å². The summed E-state index contributed by atoms with van der Waals surface area (Å²) >= 11 is 0. The number of carbonyl (C=O) groups is 1. The molecule has 0 bridgehead atoms. The molecule has 2 aromatic carbocycles. The molecule has 35 heavy (non-hydrogen) atoms. The highest BCUT2D eigenvalue weighted by atomic mass is 32.2. The minimum atomic E-state index is -3.72. The van der Waals surface area contributed by atoms with E-state index in [0.717, 1.165) is 16.9 Å². The zero-order chi connectivity index (χ0) is 25.0. The van der Waals surface area contributed by atoms with E-state index in [2.05, 4.69) is 5.10 Å². The molecule has 1 saturated heterocycles.